The zero-order valence-corrected chi connectivity index (χ0v) is 9.73. The van der Waals surface area contributed by atoms with Crippen molar-refractivity contribution in [2.45, 2.75) is 32.8 Å². The fourth-order valence-corrected chi connectivity index (χ4v) is 1.51. The average Bonchev–Trinajstić information content (AvgIpc) is 2.28. The van der Waals surface area contributed by atoms with Crippen molar-refractivity contribution in [1.82, 2.24) is 0 Å². The molecule has 84 valence electrons. The van der Waals surface area contributed by atoms with Crippen LogP contribution in [0.25, 0.3) is 0 Å². The van der Waals surface area contributed by atoms with Crippen molar-refractivity contribution < 1.29 is 9.84 Å². The van der Waals surface area contributed by atoms with Gasteiger partial charge in [0.15, 0.2) is 0 Å². The van der Waals surface area contributed by atoms with Gasteiger partial charge in [-0.25, -0.2) is 0 Å². The molecule has 0 aliphatic carbocycles. The molecule has 0 heterocycles. The van der Waals surface area contributed by atoms with E-state index in [1.54, 1.807) is 7.11 Å². The molecule has 2 heteroatoms. The summed E-state index contributed by atoms with van der Waals surface area (Å²) in [4.78, 5) is 0. The Morgan fingerprint density at radius 1 is 1.40 bits per heavy atom. The van der Waals surface area contributed by atoms with E-state index in [0.29, 0.717) is 12.3 Å². The maximum atomic E-state index is 9.89. The molecular formula is C13H20O2. The highest BCUT2D eigenvalue weighted by atomic mass is 16.5. The molecule has 1 N–H and O–H groups in total. The van der Waals surface area contributed by atoms with Gasteiger partial charge in [-0.05, 0) is 30.0 Å². The predicted octanol–water partition coefficient (Wildman–Crippen LogP) is 2.64. The van der Waals surface area contributed by atoms with Crippen LogP contribution < -0.4 is 4.74 Å². The minimum absolute atomic E-state index is 0.262. The van der Waals surface area contributed by atoms with Gasteiger partial charge in [-0.3, -0.25) is 0 Å². The molecule has 2 nitrogen and oxygen atoms in total. The molecule has 1 aromatic rings. The van der Waals surface area contributed by atoms with Gasteiger partial charge >= 0.3 is 0 Å². The first kappa shape index (κ1) is 12.1. The quantitative estimate of drug-likeness (QED) is 0.806. The molecule has 0 aliphatic heterocycles. The molecule has 2 atom stereocenters. The summed E-state index contributed by atoms with van der Waals surface area (Å²) in [5.74, 6) is 1.19. The van der Waals surface area contributed by atoms with E-state index in [2.05, 4.69) is 13.8 Å². The molecule has 0 aliphatic rings. The number of aliphatic hydroxyl groups is 1. The van der Waals surface area contributed by atoms with Gasteiger partial charge in [0.2, 0.25) is 0 Å². The number of ether oxygens (including phenoxy) is 1. The number of aliphatic hydroxyl groups excluding tert-OH is 1. The standard InChI is InChI=1S/C13H20O2/c1-4-10(2)13(14)9-11-6-5-7-12(8-11)15-3/h5-8,10,13-14H,4,9H2,1-3H3. The highest BCUT2D eigenvalue weighted by molar-refractivity contribution is 5.28. The fourth-order valence-electron chi connectivity index (χ4n) is 1.51. The average molecular weight is 208 g/mol. The normalized spacial score (nSPS) is 14.7. The summed E-state index contributed by atoms with van der Waals surface area (Å²) in [6.07, 6.45) is 1.44. The highest BCUT2D eigenvalue weighted by Crippen LogP contribution is 2.17. The van der Waals surface area contributed by atoms with Crippen molar-refractivity contribution in [3.8, 4) is 5.75 Å². The molecule has 0 aromatic heterocycles. The smallest absolute Gasteiger partial charge is 0.119 e. The van der Waals surface area contributed by atoms with Gasteiger partial charge in [-0.1, -0.05) is 32.4 Å². The molecule has 0 spiro atoms. The molecule has 0 amide bonds. The van der Waals surface area contributed by atoms with Gasteiger partial charge in [0.25, 0.3) is 0 Å². The molecule has 0 saturated heterocycles. The van der Waals surface area contributed by atoms with Crippen LogP contribution in [0.5, 0.6) is 5.75 Å². The van der Waals surface area contributed by atoms with Crippen LogP contribution in [0.15, 0.2) is 24.3 Å². The van der Waals surface area contributed by atoms with E-state index in [1.807, 2.05) is 24.3 Å². The molecule has 1 aromatic carbocycles. The van der Waals surface area contributed by atoms with Crippen molar-refractivity contribution in [3.05, 3.63) is 29.8 Å². The van der Waals surface area contributed by atoms with Crippen LogP contribution in [-0.2, 0) is 6.42 Å². The van der Waals surface area contributed by atoms with Crippen LogP contribution >= 0.6 is 0 Å². The Morgan fingerprint density at radius 2 is 2.13 bits per heavy atom. The van der Waals surface area contributed by atoms with E-state index >= 15 is 0 Å². The maximum absolute atomic E-state index is 9.89. The van der Waals surface area contributed by atoms with Gasteiger partial charge in [0.1, 0.15) is 5.75 Å². The summed E-state index contributed by atoms with van der Waals surface area (Å²) in [5, 5.41) is 9.89. The molecule has 0 fully saturated rings. The number of hydrogen-bond donors (Lipinski definition) is 1. The summed E-state index contributed by atoms with van der Waals surface area (Å²) in [6.45, 7) is 4.17. The van der Waals surface area contributed by atoms with Crippen molar-refractivity contribution in [1.29, 1.82) is 0 Å². The number of hydrogen-bond acceptors (Lipinski definition) is 2. The first-order valence-electron chi connectivity index (χ1n) is 5.48. The van der Waals surface area contributed by atoms with Crippen LogP contribution in [-0.4, -0.2) is 18.3 Å². The number of methoxy groups -OCH3 is 1. The minimum atomic E-state index is -0.262. The monoisotopic (exact) mass is 208 g/mol. The first-order chi connectivity index (χ1) is 7.17. The van der Waals surface area contributed by atoms with Crippen molar-refractivity contribution in [2.24, 2.45) is 5.92 Å². The molecule has 0 bridgehead atoms. The molecule has 0 radical (unpaired) electrons. The van der Waals surface area contributed by atoms with Crippen LogP contribution in [0, 0.1) is 5.92 Å². The van der Waals surface area contributed by atoms with Crippen LogP contribution in [0.4, 0.5) is 0 Å². The zero-order valence-electron chi connectivity index (χ0n) is 9.73. The SMILES string of the molecule is CCC(C)C(O)Cc1cccc(OC)c1. The summed E-state index contributed by atoms with van der Waals surface area (Å²) in [7, 11) is 1.66. The second-order valence-electron chi connectivity index (χ2n) is 4.01. The van der Waals surface area contributed by atoms with Crippen molar-refractivity contribution in [3.63, 3.8) is 0 Å². The maximum Gasteiger partial charge on any atom is 0.119 e. The topological polar surface area (TPSA) is 29.5 Å². The van der Waals surface area contributed by atoms with Gasteiger partial charge < -0.3 is 9.84 Å². The predicted molar refractivity (Wildman–Crippen MR) is 62.2 cm³/mol. The lowest BCUT2D eigenvalue weighted by molar-refractivity contribution is 0.115. The van der Waals surface area contributed by atoms with Gasteiger partial charge in [0.05, 0.1) is 13.2 Å². The lowest BCUT2D eigenvalue weighted by Crippen LogP contribution is -2.19. The highest BCUT2D eigenvalue weighted by Gasteiger charge is 2.12. The van der Waals surface area contributed by atoms with Crippen LogP contribution in [0.1, 0.15) is 25.8 Å². The van der Waals surface area contributed by atoms with E-state index < -0.39 is 0 Å². The zero-order chi connectivity index (χ0) is 11.3. The van der Waals surface area contributed by atoms with E-state index in [9.17, 15) is 5.11 Å². The molecule has 2 unspecified atom stereocenters. The van der Waals surface area contributed by atoms with Crippen molar-refractivity contribution in [2.75, 3.05) is 7.11 Å². The second-order valence-corrected chi connectivity index (χ2v) is 4.01. The van der Waals surface area contributed by atoms with Gasteiger partial charge in [-0.2, -0.15) is 0 Å². The summed E-state index contributed by atoms with van der Waals surface area (Å²) in [5.41, 5.74) is 1.13. The Balaban J connectivity index is 2.63. The third-order valence-corrected chi connectivity index (χ3v) is 2.88. The second kappa shape index (κ2) is 5.76. The minimum Gasteiger partial charge on any atom is -0.497 e. The van der Waals surface area contributed by atoms with E-state index in [0.717, 1.165) is 17.7 Å². The third-order valence-electron chi connectivity index (χ3n) is 2.88. The Labute approximate surface area is 91.9 Å². The molecule has 0 saturated carbocycles. The third kappa shape index (κ3) is 3.56. The Morgan fingerprint density at radius 3 is 2.73 bits per heavy atom. The lowest BCUT2D eigenvalue weighted by atomic mass is 9.96. The van der Waals surface area contributed by atoms with Crippen molar-refractivity contribution >= 4 is 0 Å². The van der Waals surface area contributed by atoms with Crippen LogP contribution in [0.3, 0.4) is 0 Å². The van der Waals surface area contributed by atoms with Gasteiger partial charge in [0, 0.05) is 0 Å². The van der Waals surface area contributed by atoms with E-state index in [-0.39, 0.29) is 6.10 Å². The lowest BCUT2D eigenvalue weighted by Gasteiger charge is -2.17. The number of rotatable bonds is 5. The fraction of sp³-hybridized carbons (Fsp3) is 0.538. The summed E-state index contributed by atoms with van der Waals surface area (Å²) < 4.78 is 5.14. The van der Waals surface area contributed by atoms with Crippen LogP contribution in [0.2, 0.25) is 0 Å². The largest absolute Gasteiger partial charge is 0.497 e. The van der Waals surface area contributed by atoms with Gasteiger partial charge in [-0.15, -0.1) is 0 Å². The molecule has 15 heavy (non-hydrogen) atoms. The Hall–Kier alpha value is -1.02. The number of benzene rings is 1. The Kier molecular flexibility index (Phi) is 4.63. The summed E-state index contributed by atoms with van der Waals surface area (Å²) >= 11 is 0. The van der Waals surface area contributed by atoms with E-state index in [1.165, 1.54) is 0 Å². The summed E-state index contributed by atoms with van der Waals surface area (Å²) in [6, 6.07) is 7.87. The Bertz CT molecular complexity index is 296. The first-order valence-corrected chi connectivity index (χ1v) is 5.48. The molecular weight excluding hydrogens is 188 g/mol. The van der Waals surface area contributed by atoms with E-state index in [4.69, 9.17) is 4.74 Å². The molecule has 1 rings (SSSR count).